The van der Waals surface area contributed by atoms with Crippen molar-refractivity contribution >= 4 is 17.9 Å². The standard InChI is InChI=1S/C16H9F2NO2/c17-12-7-3-1-5-10(12)9-14-16(20)21-15(19-14)11-6-2-4-8-13(11)18/h1-9H/b14-9-. The minimum atomic E-state index is -0.739. The molecule has 3 nitrogen and oxygen atoms in total. The van der Waals surface area contributed by atoms with Gasteiger partial charge >= 0.3 is 5.97 Å². The van der Waals surface area contributed by atoms with Gasteiger partial charge in [0.2, 0.25) is 5.90 Å². The molecule has 104 valence electrons. The molecule has 0 unspecified atom stereocenters. The fourth-order valence-electron chi connectivity index (χ4n) is 1.90. The van der Waals surface area contributed by atoms with E-state index < -0.39 is 17.6 Å². The third-order valence-corrected chi connectivity index (χ3v) is 2.92. The van der Waals surface area contributed by atoms with E-state index in [0.29, 0.717) is 0 Å². The van der Waals surface area contributed by atoms with Gasteiger partial charge in [0.1, 0.15) is 11.6 Å². The third kappa shape index (κ3) is 2.58. The average Bonchev–Trinajstić information content (AvgIpc) is 2.83. The second-order valence-corrected chi connectivity index (χ2v) is 4.34. The molecular weight excluding hydrogens is 276 g/mol. The van der Waals surface area contributed by atoms with Crippen LogP contribution in [0, 0.1) is 11.6 Å². The summed E-state index contributed by atoms with van der Waals surface area (Å²) in [7, 11) is 0. The lowest BCUT2D eigenvalue weighted by atomic mass is 10.2. The second-order valence-electron chi connectivity index (χ2n) is 4.34. The van der Waals surface area contributed by atoms with Crippen molar-refractivity contribution in [3.05, 3.63) is 77.0 Å². The Bertz CT molecular complexity index is 781. The average molecular weight is 285 g/mol. The Morgan fingerprint density at radius 3 is 2.33 bits per heavy atom. The highest BCUT2D eigenvalue weighted by molar-refractivity contribution is 6.12. The molecule has 0 aliphatic carbocycles. The number of carbonyl (C=O) groups excluding carboxylic acids is 1. The summed E-state index contributed by atoms with van der Waals surface area (Å²) >= 11 is 0. The van der Waals surface area contributed by atoms with E-state index in [1.54, 1.807) is 18.2 Å². The molecule has 1 aliphatic heterocycles. The molecule has 1 heterocycles. The molecule has 0 saturated carbocycles. The van der Waals surface area contributed by atoms with Gasteiger partial charge in [-0.15, -0.1) is 0 Å². The van der Waals surface area contributed by atoms with E-state index in [-0.39, 0.29) is 22.7 Å². The van der Waals surface area contributed by atoms with Crippen molar-refractivity contribution in [1.29, 1.82) is 0 Å². The van der Waals surface area contributed by atoms with Gasteiger partial charge in [0.25, 0.3) is 0 Å². The Kier molecular flexibility index (Phi) is 3.31. The van der Waals surface area contributed by atoms with Crippen molar-refractivity contribution in [3.63, 3.8) is 0 Å². The van der Waals surface area contributed by atoms with Crippen molar-refractivity contribution in [1.82, 2.24) is 0 Å². The summed E-state index contributed by atoms with van der Waals surface area (Å²) in [6, 6.07) is 11.8. The van der Waals surface area contributed by atoms with Crippen molar-refractivity contribution in [2.75, 3.05) is 0 Å². The first kappa shape index (κ1) is 13.2. The Balaban J connectivity index is 2.00. The first-order chi connectivity index (χ1) is 10.1. The lowest BCUT2D eigenvalue weighted by Crippen LogP contribution is -2.07. The van der Waals surface area contributed by atoms with Crippen LogP contribution in [0.15, 0.2) is 59.2 Å². The van der Waals surface area contributed by atoms with Crippen molar-refractivity contribution in [2.24, 2.45) is 4.99 Å². The molecule has 0 fully saturated rings. The van der Waals surface area contributed by atoms with E-state index in [9.17, 15) is 13.6 Å². The quantitative estimate of drug-likeness (QED) is 0.627. The van der Waals surface area contributed by atoms with Crippen LogP contribution in [0.25, 0.3) is 6.08 Å². The second kappa shape index (κ2) is 5.28. The van der Waals surface area contributed by atoms with Crippen molar-refractivity contribution < 1.29 is 18.3 Å². The van der Waals surface area contributed by atoms with Crippen LogP contribution in [0.3, 0.4) is 0 Å². The van der Waals surface area contributed by atoms with Crippen LogP contribution in [0.4, 0.5) is 8.78 Å². The summed E-state index contributed by atoms with van der Waals surface area (Å²) in [5.41, 5.74) is 0.226. The molecule has 0 N–H and O–H groups in total. The number of aliphatic imine (C=N–C) groups is 1. The fourth-order valence-corrected chi connectivity index (χ4v) is 1.90. The Labute approximate surface area is 119 Å². The number of halogens is 2. The van der Waals surface area contributed by atoms with E-state index in [4.69, 9.17) is 4.74 Å². The zero-order valence-corrected chi connectivity index (χ0v) is 10.7. The normalized spacial score (nSPS) is 16.0. The highest BCUT2D eigenvalue weighted by atomic mass is 19.1. The molecule has 2 aromatic carbocycles. The number of hydrogen-bond acceptors (Lipinski definition) is 3. The van der Waals surface area contributed by atoms with Crippen LogP contribution in [0.2, 0.25) is 0 Å². The maximum Gasteiger partial charge on any atom is 0.363 e. The Morgan fingerprint density at radius 1 is 0.952 bits per heavy atom. The van der Waals surface area contributed by atoms with Gasteiger partial charge in [0, 0.05) is 5.56 Å². The summed E-state index contributed by atoms with van der Waals surface area (Å²) in [5, 5.41) is 0. The van der Waals surface area contributed by atoms with Crippen LogP contribution >= 0.6 is 0 Å². The largest absolute Gasteiger partial charge is 0.402 e. The summed E-state index contributed by atoms with van der Waals surface area (Å²) < 4.78 is 32.1. The summed E-state index contributed by atoms with van der Waals surface area (Å²) in [5.74, 6) is -1.89. The molecule has 3 rings (SSSR count). The van der Waals surface area contributed by atoms with Gasteiger partial charge in [0.15, 0.2) is 5.70 Å². The molecule has 0 radical (unpaired) electrons. The highest BCUT2D eigenvalue weighted by Crippen LogP contribution is 2.21. The number of nitrogens with zero attached hydrogens (tertiary/aromatic N) is 1. The number of carbonyl (C=O) groups is 1. The maximum absolute atomic E-state index is 13.6. The zero-order chi connectivity index (χ0) is 14.8. The molecule has 0 spiro atoms. The van der Waals surface area contributed by atoms with Crippen LogP contribution in [0.5, 0.6) is 0 Å². The monoisotopic (exact) mass is 285 g/mol. The summed E-state index contributed by atoms with van der Waals surface area (Å²) in [6.07, 6.45) is 1.27. The van der Waals surface area contributed by atoms with Gasteiger partial charge in [-0.05, 0) is 24.3 Å². The molecule has 5 heteroatoms. The van der Waals surface area contributed by atoms with E-state index in [1.165, 1.54) is 36.4 Å². The van der Waals surface area contributed by atoms with Gasteiger partial charge in [-0.3, -0.25) is 0 Å². The molecule has 21 heavy (non-hydrogen) atoms. The first-order valence-corrected chi connectivity index (χ1v) is 6.17. The Morgan fingerprint density at radius 2 is 1.62 bits per heavy atom. The highest BCUT2D eigenvalue weighted by Gasteiger charge is 2.26. The Hall–Kier alpha value is -2.82. The van der Waals surface area contributed by atoms with E-state index >= 15 is 0 Å². The molecule has 0 aromatic heterocycles. The number of esters is 1. The van der Waals surface area contributed by atoms with Crippen LogP contribution in [0.1, 0.15) is 11.1 Å². The molecule has 0 amide bonds. The number of hydrogen-bond donors (Lipinski definition) is 0. The summed E-state index contributed by atoms with van der Waals surface area (Å²) in [6.45, 7) is 0. The minimum absolute atomic E-state index is 0.0710. The topological polar surface area (TPSA) is 38.7 Å². The van der Waals surface area contributed by atoms with Crippen LogP contribution < -0.4 is 0 Å². The maximum atomic E-state index is 13.6. The molecule has 0 saturated heterocycles. The third-order valence-electron chi connectivity index (χ3n) is 2.92. The van der Waals surface area contributed by atoms with Gasteiger partial charge in [-0.1, -0.05) is 30.3 Å². The van der Waals surface area contributed by atoms with Crippen LogP contribution in [-0.2, 0) is 9.53 Å². The first-order valence-electron chi connectivity index (χ1n) is 6.17. The van der Waals surface area contributed by atoms with Crippen molar-refractivity contribution in [2.45, 2.75) is 0 Å². The predicted molar refractivity (Wildman–Crippen MR) is 73.4 cm³/mol. The van der Waals surface area contributed by atoms with Crippen molar-refractivity contribution in [3.8, 4) is 0 Å². The van der Waals surface area contributed by atoms with Crippen LogP contribution in [-0.4, -0.2) is 11.9 Å². The fraction of sp³-hybridized carbons (Fsp3) is 0. The van der Waals surface area contributed by atoms with E-state index in [1.807, 2.05) is 0 Å². The minimum Gasteiger partial charge on any atom is -0.402 e. The van der Waals surface area contributed by atoms with E-state index in [2.05, 4.69) is 4.99 Å². The lowest BCUT2D eigenvalue weighted by Gasteiger charge is -1.99. The number of cyclic esters (lactones) is 1. The SMILES string of the molecule is O=C1OC(c2ccccc2F)=N/C1=C\c1ccccc1F. The van der Waals surface area contributed by atoms with Gasteiger partial charge in [-0.2, -0.15) is 0 Å². The van der Waals surface area contributed by atoms with E-state index in [0.717, 1.165) is 0 Å². The number of rotatable bonds is 2. The number of ether oxygens (including phenoxy) is 1. The molecule has 0 bridgehead atoms. The summed E-state index contributed by atoms with van der Waals surface area (Å²) in [4.78, 5) is 15.7. The lowest BCUT2D eigenvalue weighted by molar-refractivity contribution is -0.129. The van der Waals surface area contributed by atoms with Gasteiger partial charge in [-0.25, -0.2) is 18.6 Å². The molecule has 1 aliphatic rings. The smallest absolute Gasteiger partial charge is 0.363 e. The number of benzene rings is 2. The van der Waals surface area contributed by atoms with Gasteiger partial charge < -0.3 is 4.74 Å². The molecular formula is C16H9F2NO2. The molecule has 2 aromatic rings. The molecule has 0 atom stereocenters. The zero-order valence-electron chi connectivity index (χ0n) is 10.7. The van der Waals surface area contributed by atoms with Gasteiger partial charge in [0.05, 0.1) is 5.56 Å². The predicted octanol–water partition coefficient (Wildman–Crippen LogP) is 3.31.